The van der Waals surface area contributed by atoms with Gasteiger partial charge in [-0.2, -0.15) is 0 Å². The van der Waals surface area contributed by atoms with Gasteiger partial charge < -0.3 is 4.43 Å². The highest BCUT2D eigenvalue weighted by Crippen LogP contribution is 2.38. The molecule has 0 saturated heterocycles. The molecule has 112 valence electrons. The average molecular weight is 292 g/mol. The Labute approximate surface area is 124 Å². The number of carbonyl (C=O) groups is 1. The summed E-state index contributed by atoms with van der Waals surface area (Å²) in [5, 5.41) is 0.227. The normalized spacial score (nSPS) is 13.3. The fourth-order valence-corrected chi connectivity index (χ4v) is 2.83. The third-order valence-corrected chi connectivity index (χ3v) is 8.91. The molecule has 0 saturated carbocycles. The number of carbonyl (C=O) groups excluding carboxylic acids is 1. The first-order valence-corrected chi connectivity index (χ1v) is 10.1. The molecule has 1 aromatic carbocycles. The molecule has 0 bridgehead atoms. The highest BCUT2D eigenvalue weighted by molar-refractivity contribution is 6.74. The van der Waals surface area contributed by atoms with E-state index in [0.29, 0.717) is 6.61 Å². The molecule has 0 N–H and O–H groups in total. The second kappa shape index (κ2) is 5.82. The summed E-state index contributed by atoms with van der Waals surface area (Å²) in [6.07, 6.45) is 0.878. The van der Waals surface area contributed by atoms with Gasteiger partial charge in [-0.15, -0.1) is 0 Å². The van der Waals surface area contributed by atoms with Gasteiger partial charge in [0.05, 0.1) is 0 Å². The smallest absolute Gasteiger partial charge is 0.192 e. The van der Waals surface area contributed by atoms with E-state index in [-0.39, 0.29) is 10.5 Å². The Morgan fingerprint density at radius 2 is 1.55 bits per heavy atom. The Bertz CT molecular complexity index is 453. The monoisotopic (exact) mass is 292 g/mol. The molecule has 0 fully saturated rings. The van der Waals surface area contributed by atoms with Crippen LogP contribution < -0.4 is 0 Å². The van der Waals surface area contributed by atoms with Gasteiger partial charge in [-0.25, -0.2) is 0 Å². The lowest BCUT2D eigenvalue weighted by Crippen LogP contribution is -2.43. The minimum Gasteiger partial charge on any atom is -0.416 e. The topological polar surface area (TPSA) is 26.3 Å². The Balaban J connectivity index is 2.81. The van der Waals surface area contributed by atoms with Crippen LogP contribution >= 0.6 is 0 Å². The van der Waals surface area contributed by atoms with E-state index in [4.69, 9.17) is 4.43 Å². The number of rotatable bonds is 5. The van der Waals surface area contributed by atoms with E-state index in [0.717, 1.165) is 11.8 Å². The molecule has 0 heterocycles. The van der Waals surface area contributed by atoms with Crippen molar-refractivity contribution in [1.29, 1.82) is 0 Å². The van der Waals surface area contributed by atoms with Crippen LogP contribution in [0.4, 0.5) is 0 Å². The van der Waals surface area contributed by atoms with Crippen molar-refractivity contribution in [2.75, 3.05) is 6.61 Å². The van der Waals surface area contributed by atoms with Gasteiger partial charge in [0.25, 0.3) is 0 Å². The van der Waals surface area contributed by atoms with Crippen LogP contribution in [-0.2, 0) is 9.84 Å². The summed E-state index contributed by atoms with van der Waals surface area (Å²) in [4.78, 5) is 10.7. The van der Waals surface area contributed by atoms with E-state index < -0.39 is 8.32 Å². The number of aldehydes is 1. The van der Waals surface area contributed by atoms with Crippen molar-refractivity contribution < 1.29 is 9.22 Å². The summed E-state index contributed by atoms with van der Waals surface area (Å²) < 4.78 is 6.34. The molecule has 0 unspecified atom stereocenters. The molecule has 0 aromatic heterocycles. The van der Waals surface area contributed by atoms with Gasteiger partial charge in [0.15, 0.2) is 8.32 Å². The van der Waals surface area contributed by atoms with E-state index in [1.165, 1.54) is 5.56 Å². The second-order valence-corrected chi connectivity index (χ2v) is 12.5. The summed E-state index contributed by atoms with van der Waals surface area (Å²) in [5.74, 6) is 0. The van der Waals surface area contributed by atoms with Crippen LogP contribution in [0.5, 0.6) is 0 Å². The molecule has 3 heteroatoms. The van der Waals surface area contributed by atoms with E-state index in [1.807, 2.05) is 24.3 Å². The lowest BCUT2D eigenvalue weighted by Gasteiger charge is -2.39. The summed E-state index contributed by atoms with van der Waals surface area (Å²) >= 11 is 0. The molecule has 0 amide bonds. The summed E-state index contributed by atoms with van der Waals surface area (Å²) in [6, 6.07) is 7.80. The Morgan fingerprint density at radius 3 is 1.95 bits per heavy atom. The summed E-state index contributed by atoms with van der Waals surface area (Å²) in [5.41, 5.74) is 1.88. The van der Waals surface area contributed by atoms with Crippen LogP contribution in [0.1, 0.15) is 50.5 Å². The third kappa shape index (κ3) is 4.03. The molecule has 0 radical (unpaired) electrons. The van der Waals surface area contributed by atoms with E-state index in [2.05, 4.69) is 47.7 Å². The molecule has 20 heavy (non-hydrogen) atoms. The highest BCUT2D eigenvalue weighted by atomic mass is 28.4. The molecular formula is C17H28O2Si. The first-order chi connectivity index (χ1) is 8.99. The SMILES string of the molecule is CC(C)(CO[Si](C)(C)C(C)(C)C)c1ccc(C=O)cc1. The second-order valence-electron chi connectivity index (χ2n) is 7.67. The maximum Gasteiger partial charge on any atom is 0.192 e. The number of benzene rings is 1. The molecule has 0 spiro atoms. The minimum absolute atomic E-state index is 0.0447. The lowest BCUT2D eigenvalue weighted by molar-refractivity contribution is 0.112. The quantitative estimate of drug-likeness (QED) is 0.575. The molecule has 0 aliphatic carbocycles. The van der Waals surface area contributed by atoms with Gasteiger partial charge in [-0.05, 0) is 23.7 Å². The van der Waals surface area contributed by atoms with E-state index in [9.17, 15) is 4.79 Å². The zero-order valence-corrected chi connectivity index (χ0v) is 14.9. The average Bonchev–Trinajstić information content (AvgIpc) is 2.35. The number of hydrogen-bond acceptors (Lipinski definition) is 2. The third-order valence-electron chi connectivity index (χ3n) is 4.43. The van der Waals surface area contributed by atoms with Crippen molar-refractivity contribution in [2.24, 2.45) is 0 Å². The van der Waals surface area contributed by atoms with Gasteiger partial charge in [-0.1, -0.05) is 58.9 Å². The van der Waals surface area contributed by atoms with Crippen molar-refractivity contribution in [3.8, 4) is 0 Å². The van der Waals surface area contributed by atoms with Crippen LogP contribution in [0.15, 0.2) is 24.3 Å². The van der Waals surface area contributed by atoms with Gasteiger partial charge in [0.1, 0.15) is 6.29 Å². The fourth-order valence-electron chi connectivity index (χ4n) is 1.67. The van der Waals surface area contributed by atoms with E-state index >= 15 is 0 Å². The first kappa shape index (κ1) is 17.1. The van der Waals surface area contributed by atoms with Crippen molar-refractivity contribution in [3.05, 3.63) is 35.4 Å². The maximum absolute atomic E-state index is 10.7. The molecule has 0 aliphatic heterocycles. The first-order valence-electron chi connectivity index (χ1n) is 7.19. The van der Waals surface area contributed by atoms with Crippen molar-refractivity contribution in [1.82, 2.24) is 0 Å². The van der Waals surface area contributed by atoms with Gasteiger partial charge in [0.2, 0.25) is 0 Å². The minimum atomic E-state index is -1.72. The van der Waals surface area contributed by atoms with Gasteiger partial charge in [-0.3, -0.25) is 4.79 Å². The molecule has 0 atom stereocenters. The Hall–Kier alpha value is -0.933. The highest BCUT2D eigenvalue weighted by Gasteiger charge is 2.38. The molecule has 0 aliphatic rings. The zero-order chi connectivity index (χ0) is 15.6. The van der Waals surface area contributed by atoms with Crippen molar-refractivity contribution in [3.63, 3.8) is 0 Å². The molecular weight excluding hydrogens is 264 g/mol. The fraction of sp³-hybridized carbons (Fsp3) is 0.588. The van der Waals surface area contributed by atoms with Crippen LogP contribution in [0, 0.1) is 0 Å². The summed E-state index contributed by atoms with van der Waals surface area (Å²) in [7, 11) is -1.72. The predicted molar refractivity (Wildman–Crippen MR) is 88.0 cm³/mol. The molecule has 1 aromatic rings. The van der Waals surface area contributed by atoms with Gasteiger partial charge in [0, 0.05) is 17.6 Å². The lowest BCUT2D eigenvalue weighted by atomic mass is 9.85. The zero-order valence-electron chi connectivity index (χ0n) is 13.9. The van der Waals surface area contributed by atoms with Crippen molar-refractivity contribution >= 4 is 14.6 Å². The van der Waals surface area contributed by atoms with Crippen LogP contribution in [0.2, 0.25) is 18.1 Å². The Kier molecular flexibility index (Phi) is 4.98. The Morgan fingerprint density at radius 1 is 1.05 bits per heavy atom. The summed E-state index contributed by atoms with van der Waals surface area (Å²) in [6.45, 7) is 16.4. The van der Waals surface area contributed by atoms with Crippen LogP contribution in [-0.4, -0.2) is 21.2 Å². The maximum atomic E-state index is 10.7. The van der Waals surface area contributed by atoms with Gasteiger partial charge >= 0.3 is 0 Å². The van der Waals surface area contributed by atoms with Crippen LogP contribution in [0.3, 0.4) is 0 Å². The standard InChI is InChI=1S/C17H28O2Si/c1-16(2,3)20(6,7)19-13-17(4,5)15-10-8-14(12-18)9-11-15/h8-12H,13H2,1-7H3. The molecule has 1 rings (SSSR count). The van der Waals surface area contributed by atoms with Crippen molar-refractivity contribution in [2.45, 2.75) is 58.2 Å². The predicted octanol–water partition coefficient (Wildman–Crippen LogP) is 4.80. The van der Waals surface area contributed by atoms with E-state index in [1.54, 1.807) is 0 Å². The largest absolute Gasteiger partial charge is 0.416 e. The number of hydrogen-bond donors (Lipinski definition) is 0. The molecule has 2 nitrogen and oxygen atoms in total. The van der Waals surface area contributed by atoms with Crippen LogP contribution in [0.25, 0.3) is 0 Å².